The first kappa shape index (κ1) is 28.9. The van der Waals surface area contributed by atoms with E-state index in [0.29, 0.717) is 12.1 Å². The average molecular weight is 566 g/mol. The highest BCUT2D eigenvalue weighted by atomic mass is 16.3. The second-order valence-corrected chi connectivity index (χ2v) is 13.0. The van der Waals surface area contributed by atoms with Gasteiger partial charge in [0.1, 0.15) is 5.60 Å². The number of amides is 2. The predicted octanol–water partition coefficient (Wildman–Crippen LogP) is 7.48. The summed E-state index contributed by atoms with van der Waals surface area (Å²) < 4.78 is 0. The fraction of sp³-hybridized carbons (Fsp3) is 0.486. The second kappa shape index (κ2) is 12.6. The van der Waals surface area contributed by atoms with Crippen molar-refractivity contribution in [1.29, 1.82) is 0 Å². The summed E-state index contributed by atoms with van der Waals surface area (Å²) in [6, 6.07) is 29.3. The van der Waals surface area contributed by atoms with Gasteiger partial charge in [-0.15, -0.1) is 0 Å². The minimum atomic E-state index is -1.35. The maximum Gasteiger partial charge on any atom is 0.315 e. The van der Waals surface area contributed by atoms with E-state index in [2.05, 4.69) is 53.6 Å². The molecule has 4 atom stereocenters. The van der Waals surface area contributed by atoms with Crippen molar-refractivity contribution in [1.82, 2.24) is 15.5 Å². The standard InChI is InChI=1S/C37H47N3O2/c1-3-26(2)35(37(42,28-12-6-4-7-13-28)29-14-8-5-9-15-29)39-36(41)38-30-20-18-27(19-21-30)24-25-40-33-22-23-34(40)32-17-11-10-16-31(32)33/h4-17,26-27,30,33-35,42H,3,18-25H2,1-2H3,(H2,38,39,41)/t26?,27-,30-,33-,34+,35-/m1/s1. The smallest absolute Gasteiger partial charge is 0.315 e. The van der Waals surface area contributed by atoms with Crippen LogP contribution in [0.5, 0.6) is 0 Å². The number of hydrogen-bond donors (Lipinski definition) is 3. The fourth-order valence-corrected chi connectivity index (χ4v) is 8.06. The van der Waals surface area contributed by atoms with Gasteiger partial charge in [0, 0.05) is 18.1 Å². The first-order valence-corrected chi connectivity index (χ1v) is 16.2. The van der Waals surface area contributed by atoms with E-state index < -0.39 is 11.6 Å². The van der Waals surface area contributed by atoms with Crippen LogP contribution < -0.4 is 10.6 Å². The number of carbonyl (C=O) groups is 1. The first-order valence-electron chi connectivity index (χ1n) is 16.2. The number of carbonyl (C=O) groups excluding carboxylic acids is 1. The predicted molar refractivity (Wildman–Crippen MR) is 169 cm³/mol. The van der Waals surface area contributed by atoms with Crippen molar-refractivity contribution in [2.24, 2.45) is 11.8 Å². The molecule has 1 saturated carbocycles. The maximum absolute atomic E-state index is 13.5. The molecular formula is C37H47N3O2. The molecule has 2 amide bonds. The number of nitrogens with one attached hydrogen (secondary N) is 2. The molecule has 222 valence electrons. The molecule has 0 radical (unpaired) electrons. The van der Waals surface area contributed by atoms with Crippen molar-refractivity contribution in [2.75, 3.05) is 6.54 Å². The van der Waals surface area contributed by atoms with Crippen LogP contribution in [0, 0.1) is 11.8 Å². The second-order valence-electron chi connectivity index (χ2n) is 13.0. The van der Waals surface area contributed by atoms with E-state index in [1.807, 2.05) is 60.7 Å². The number of urea groups is 1. The lowest BCUT2D eigenvalue weighted by atomic mass is 9.74. The molecule has 3 aliphatic rings. The van der Waals surface area contributed by atoms with Gasteiger partial charge in [-0.3, -0.25) is 4.90 Å². The summed E-state index contributed by atoms with van der Waals surface area (Å²) in [5.74, 6) is 0.784. The van der Waals surface area contributed by atoms with Crippen LogP contribution in [0.1, 0.15) is 99.6 Å². The number of rotatable bonds is 10. The summed E-state index contributed by atoms with van der Waals surface area (Å²) in [5, 5.41) is 18.9. The number of hydrogen-bond acceptors (Lipinski definition) is 3. The molecule has 2 bridgehead atoms. The summed E-state index contributed by atoms with van der Waals surface area (Å²) >= 11 is 0. The van der Waals surface area contributed by atoms with Crippen molar-refractivity contribution < 1.29 is 9.90 Å². The molecule has 1 saturated heterocycles. The zero-order valence-corrected chi connectivity index (χ0v) is 25.2. The van der Waals surface area contributed by atoms with Crippen LogP contribution in [-0.4, -0.2) is 34.7 Å². The number of aliphatic hydroxyl groups is 1. The summed E-state index contributed by atoms with van der Waals surface area (Å²) in [4.78, 5) is 16.2. The molecule has 1 unspecified atom stereocenters. The Morgan fingerprint density at radius 1 is 0.833 bits per heavy atom. The van der Waals surface area contributed by atoms with Gasteiger partial charge in [0.2, 0.25) is 0 Å². The van der Waals surface area contributed by atoms with Crippen LogP contribution in [0.15, 0.2) is 84.9 Å². The molecule has 1 aliphatic carbocycles. The van der Waals surface area contributed by atoms with Gasteiger partial charge in [0.15, 0.2) is 0 Å². The Morgan fingerprint density at radius 2 is 1.36 bits per heavy atom. The van der Waals surface area contributed by atoms with Crippen LogP contribution in [0.3, 0.4) is 0 Å². The molecule has 2 fully saturated rings. The van der Waals surface area contributed by atoms with E-state index in [9.17, 15) is 9.90 Å². The van der Waals surface area contributed by atoms with Gasteiger partial charge >= 0.3 is 6.03 Å². The topological polar surface area (TPSA) is 64.6 Å². The van der Waals surface area contributed by atoms with Crippen molar-refractivity contribution in [3.8, 4) is 0 Å². The van der Waals surface area contributed by atoms with Crippen LogP contribution in [0.4, 0.5) is 4.79 Å². The monoisotopic (exact) mass is 565 g/mol. The molecule has 42 heavy (non-hydrogen) atoms. The lowest BCUT2D eigenvalue weighted by molar-refractivity contribution is 0.0195. The Hall–Kier alpha value is -3.15. The molecule has 5 heteroatoms. The highest BCUT2D eigenvalue weighted by Crippen LogP contribution is 2.53. The summed E-state index contributed by atoms with van der Waals surface area (Å²) in [7, 11) is 0. The highest BCUT2D eigenvalue weighted by Gasteiger charge is 2.45. The molecule has 3 N–H and O–H groups in total. The zero-order chi connectivity index (χ0) is 29.1. The Balaban J connectivity index is 1.05. The van der Waals surface area contributed by atoms with Gasteiger partial charge in [-0.25, -0.2) is 4.79 Å². The van der Waals surface area contributed by atoms with E-state index in [1.54, 1.807) is 11.1 Å². The summed E-state index contributed by atoms with van der Waals surface area (Å²) in [5.41, 5.74) is 3.36. The molecule has 2 aliphatic heterocycles. The first-order chi connectivity index (χ1) is 20.5. The van der Waals surface area contributed by atoms with E-state index in [0.717, 1.165) is 49.1 Å². The normalized spacial score (nSPS) is 25.0. The van der Waals surface area contributed by atoms with Gasteiger partial charge in [0.25, 0.3) is 0 Å². The maximum atomic E-state index is 13.5. The molecular weight excluding hydrogens is 518 g/mol. The number of fused-ring (bicyclic) bond motifs is 5. The van der Waals surface area contributed by atoms with Crippen molar-refractivity contribution in [2.45, 2.75) is 95.0 Å². The largest absolute Gasteiger partial charge is 0.378 e. The third-order valence-corrected chi connectivity index (χ3v) is 10.6. The highest BCUT2D eigenvalue weighted by molar-refractivity contribution is 5.75. The molecule has 0 spiro atoms. The Bertz CT molecular complexity index is 1250. The van der Waals surface area contributed by atoms with E-state index in [1.165, 1.54) is 25.8 Å². The van der Waals surface area contributed by atoms with Gasteiger partial charge in [-0.1, -0.05) is 105 Å². The third kappa shape index (κ3) is 5.61. The number of benzene rings is 3. The van der Waals surface area contributed by atoms with Crippen molar-refractivity contribution in [3.63, 3.8) is 0 Å². The Morgan fingerprint density at radius 3 is 1.88 bits per heavy atom. The summed E-state index contributed by atoms with van der Waals surface area (Å²) in [6.45, 7) is 5.40. The molecule has 3 aromatic rings. The van der Waals surface area contributed by atoms with Crippen molar-refractivity contribution in [3.05, 3.63) is 107 Å². The molecule has 5 nitrogen and oxygen atoms in total. The molecule has 0 aromatic heterocycles. The van der Waals surface area contributed by atoms with E-state index in [4.69, 9.17) is 0 Å². The minimum absolute atomic E-state index is 0.0592. The fourth-order valence-electron chi connectivity index (χ4n) is 8.06. The third-order valence-electron chi connectivity index (χ3n) is 10.6. The van der Waals surface area contributed by atoms with Crippen molar-refractivity contribution >= 4 is 6.03 Å². The van der Waals surface area contributed by atoms with Crippen LogP contribution >= 0.6 is 0 Å². The van der Waals surface area contributed by atoms with Crippen LogP contribution in [-0.2, 0) is 5.60 Å². The average Bonchev–Trinajstić information content (AvgIpc) is 3.59. The molecule has 2 heterocycles. The molecule has 3 aromatic carbocycles. The van der Waals surface area contributed by atoms with E-state index >= 15 is 0 Å². The van der Waals surface area contributed by atoms with Crippen LogP contribution in [0.25, 0.3) is 0 Å². The van der Waals surface area contributed by atoms with Crippen LogP contribution in [0.2, 0.25) is 0 Å². The van der Waals surface area contributed by atoms with E-state index in [-0.39, 0.29) is 18.0 Å². The van der Waals surface area contributed by atoms with Gasteiger partial charge < -0.3 is 15.7 Å². The van der Waals surface area contributed by atoms with Gasteiger partial charge in [-0.05, 0) is 85.6 Å². The Kier molecular flexibility index (Phi) is 8.69. The summed E-state index contributed by atoms with van der Waals surface area (Å²) in [6.07, 6.45) is 9.03. The lowest BCUT2D eigenvalue weighted by Crippen LogP contribution is -2.58. The molecule has 6 rings (SSSR count). The number of nitrogens with zero attached hydrogens (tertiary/aromatic N) is 1. The zero-order valence-electron chi connectivity index (χ0n) is 25.2. The Labute approximate surface area is 251 Å². The lowest BCUT2D eigenvalue weighted by Gasteiger charge is -2.41. The van der Waals surface area contributed by atoms with Gasteiger partial charge in [0.05, 0.1) is 6.04 Å². The van der Waals surface area contributed by atoms with Gasteiger partial charge in [-0.2, -0.15) is 0 Å². The SMILES string of the molecule is CCC(C)[C@@H](NC(=O)N[C@H]1CC[C@H](CCN2[C@@H]3CC[C@H]2c2ccccc23)CC1)C(O)(c1ccccc1)c1ccccc1. The minimum Gasteiger partial charge on any atom is -0.378 e. The quantitative estimate of drug-likeness (QED) is 0.239.